The number of hydrogen-bond acceptors (Lipinski definition) is 2. The van der Waals surface area contributed by atoms with Crippen LogP contribution in [-0.2, 0) is 9.53 Å². The summed E-state index contributed by atoms with van der Waals surface area (Å²) in [5, 5.41) is 0. The predicted octanol–water partition coefficient (Wildman–Crippen LogP) is 1.90. The van der Waals surface area contributed by atoms with E-state index in [0.717, 1.165) is 12.0 Å². The van der Waals surface area contributed by atoms with Crippen LogP contribution in [0.3, 0.4) is 0 Å². The Morgan fingerprint density at radius 1 is 1.73 bits per heavy atom. The second kappa shape index (κ2) is 3.07. The van der Waals surface area contributed by atoms with Gasteiger partial charge in [0.15, 0.2) is 0 Å². The van der Waals surface area contributed by atoms with Gasteiger partial charge in [0.1, 0.15) is 6.10 Å². The highest BCUT2D eigenvalue weighted by Crippen LogP contribution is 2.22. The molecule has 1 aliphatic rings. The Morgan fingerprint density at radius 2 is 2.36 bits per heavy atom. The molecule has 2 heteroatoms. The molecule has 0 radical (unpaired) electrons. The van der Waals surface area contributed by atoms with Gasteiger partial charge in [-0.15, -0.1) is 0 Å². The Balaban J connectivity index is 2.71. The van der Waals surface area contributed by atoms with Crippen molar-refractivity contribution in [1.29, 1.82) is 0 Å². The van der Waals surface area contributed by atoms with Crippen molar-refractivity contribution in [1.82, 2.24) is 0 Å². The summed E-state index contributed by atoms with van der Waals surface area (Å²) >= 11 is 0. The Kier molecular flexibility index (Phi) is 2.32. The zero-order valence-electron chi connectivity index (χ0n) is 7.26. The van der Waals surface area contributed by atoms with Gasteiger partial charge in [-0.1, -0.05) is 13.8 Å². The van der Waals surface area contributed by atoms with Crippen molar-refractivity contribution in [3.63, 3.8) is 0 Å². The first kappa shape index (κ1) is 8.31. The van der Waals surface area contributed by atoms with Gasteiger partial charge in [0, 0.05) is 5.57 Å². The van der Waals surface area contributed by atoms with Gasteiger partial charge in [-0.2, -0.15) is 0 Å². The van der Waals surface area contributed by atoms with Crippen LogP contribution < -0.4 is 0 Å². The van der Waals surface area contributed by atoms with Gasteiger partial charge in [-0.25, -0.2) is 4.79 Å². The summed E-state index contributed by atoms with van der Waals surface area (Å²) in [6.45, 7) is 6.00. The van der Waals surface area contributed by atoms with E-state index in [9.17, 15) is 4.79 Å². The highest BCUT2D eigenvalue weighted by Gasteiger charge is 2.25. The Bertz CT molecular complexity index is 194. The third kappa shape index (κ3) is 1.62. The van der Waals surface area contributed by atoms with E-state index >= 15 is 0 Å². The largest absolute Gasteiger partial charge is 0.455 e. The van der Waals surface area contributed by atoms with E-state index < -0.39 is 0 Å². The van der Waals surface area contributed by atoms with Gasteiger partial charge < -0.3 is 4.74 Å². The summed E-state index contributed by atoms with van der Waals surface area (Å²) in [5.74, 6) is 0.208. The molecule has 0 aromatic heterocycles. The fourth-order valence-electron chi connectivity index (χ4n) is 1.18. The van der Waals surface area contributed by atoms with Gasteiger partial charge in [-0.3, -0.25) is 0 Å². The minimum absolute atomic E-state index is 0.0218. The quantitative estimate of drug-likeness (QED) is 0.568. The molecule has 2 nitrogen and oxygen atoms in total. The molecule has 2 unspecified atom stereocenters. The number of rotatable bonds is 2. The molecule has 0 aromatic rings. The maximum absolute atomic E-state index is 11.1. The highest BCUT2D eigenvalue weighted by molar-refractivity contribution is 5.91. The molecule has 0 bridgehead atoms. The molecule has 0 saturated heterocycles. The van der Waals surface area contributed by atoms with Gasteiger partial charge in [0.2, 0.25) is 0 Å². The van der Waals surface area contributed by atoms with Crippen molar-refractivity contribution in [2.75, 3.05) is 0 Å². The summed E-state index contributed by atoms with van der Waals surface area (Å²) in [5.41, 5.74) is 0.847. The standard InChI is InChI=1S/C9H14O2/c1-4-6(2)8-5-7(3)11-9(8)10/h5-7H,4H2,1-3H3. The molecule has 0 aliphatic carbocycles. The Labute approximate surface area is 67.2 Å². The van der Waals surface area contributed by atoms with Crippen molar-refractivity contribution >= 4 is 5.97 Å². The van der Waals surface area contributed by atoms with Crippen molar-refractivity contribution in [3.05, 3.63) is 11.6 Å². The lowest BCUT2D eigenvalue weighted by atomic mass is 9.99. The smallest absolute Gasteiger partial charge is 0.334 e. The normalized spacial score (nSPS) is 26.3. The molecule has 11 heavy (non-hydrogen) atoms. The van der Waals surface area contributed by atoms with Crippen molar-refractivity contribution in [2.24, 2.45) is 5.92 Å². The molecule has 0 spiro atoms. The van der Waals surface area contributed by atoms with Crippen LogP contribution in [0.25, 0.3) is 0 Å². The van der Waals surface area contributed by atoms with Crippen LogP contribution in [0.5, 0.6) is 0 Å². The van der Waals surface area contributed by atoms with Crippen molar-refractivity contribution in [3.8, 4) is 0 Å². The average molecular weight is 154 g/mol. The molecule has 2 atom stereocenters. The minimum Gasteiger partial charge on any atom is -0.455 e. The van der Waals surface area contributed by atoms with Crippen LogP contribution in [0.15, 0.2) is 11.6 Å². The average Bonchev–Trinajstić information content (AvgIpc) is 2.28. The first-order valence-corrected chi connectivity index (χ1v) is 4.07. The van der Waals surface area contributed by atoms with E-state index in [2.05, 4.69) is 6.92 Å². The molecular formula is C9H14O2. The molecule has 1 aliphatic heterocycles. The van der Waals surface area contributed by atoms with Gasteiger partial charge in [0.25, 0.3) is 0 Å². The molecule has 0 amide bonds. The second-order valence-electron chi connectivity index (χ2n) is 3.04. The molecule has 1 heterocycles. The van der Waals surface area contributed by atoms with Gasteiger partial charge in [-0.05, 0) is 25.3 Å². The monoisotopic (exact) mass is 154 g/mol. The van der Waals surface area contributed by atoms with Crippen LogP contribution in [0, 0.1) is 5.92 Å². The summed E-state index contributed by atoms with van der Waals surface area (Å²) in [6, 6.07) is 0. The highest BCUT2D eigenvalue weighted by atomic mass is 16.5. The predicted molar refractivity (Wildman–Crippen MR) is 43.1 cm³/mol. The van der Waals surface area contributed by atoms with Crippen LogP contribution >= 0.6 is 0 Å². The molecule has 1 rings (SSSR count). The van der Waals surface area contributed by atoms with Crippen LogP contribution in [0.4, 0.5) is 0 Å². The van der Waals surface area contributed by atoms with E-state index in [4.69, 9.17) is 4.74 Å². The number of carbonyl (C=O) groups is 1. The fourth-order valence-corrected chi connectivity index (χ4v) is 1.18. The first-order chi connectivity index (χ1) is 5.15. The maximum atomic E-state index is 11.1. The minimum atomic E-state index is -0.133. The summed E-state index contributed by atoms with van der Waals surface area (Å²) in [4.78, 5) is 11.1. The zero-order valence-corrected chi connectivity index (χ0v) is 7.26. The van der Waals surface area contributed by atoms with Gasteiger partial charge in [0.05, 0.1) is 0 Å². The van der Waals surface area contributed by atoms with Crippen molar-refractivity contribution < 1.29 is 9.53 Å². The number of ether oxygens (including phenoxy) is 1. The lowest BCUT2D eigenvalue weighted by molar-refractivity contribution is -0.139. The lowest BCUT2D eigenvalue weighted by Gasteiger charge is -2.05. The molecule has 0 fully saturated rings. The number of hydrogen-bond donors (Lipinski definition) is 0. The lowest BCUT2D eigenvalue weighted by Crippen LogP contribution is -2.08. The number of carbonyl (C=O) groups excluding carboxylic acids is 1. The molecule has 0 N–H and O–H groups in total. The Hall–Kier alpha value is -0.790. The van der Waals surface area contributed by atoms with E-state index in [1.807, 2.05) is 19.9 Å². The molecular weight excluding hydrogens is 140 g/mol. The van der Waals surface area contributed by atoms with Crippen molar-refractivity contribution in [2.45, 2.75) is 33.3 Å². The number of esters is 1. The molecule has 0 aromatic carbocycles. The topological polar surface area (TPSA) is 26.3 Å². The van der Waals surface area contributed by atoms with E-state index in [1.54, 1.807) is 0 Å². The SMILES string of the molecule is CCC(C)C1=CC(C)OC1=O. The Morgan fingerprint density at radius 3 is 2.73 bits per heavy atom. The summed E-state index contributed by atoms with van der Waals surface area (Å²) in [6.07, 6.45) is 2.89. The van der Waals surface area contributed by atoms with Crippen LogP contribution in [0.2, 0.25) is 0 Å². The first-order valence-electron chi connectivity index (χ1n) is 4.07. The van der Waals surface area contributed by atoms with Gasteiger partial charge >= 0.3 is 5.97 Å². The molecule has 62 valence electrons. The maximum Gasteiger partial charge on any atom is 0.334 e. The van der Waals surface area contributed by atoms with E-state index in [0.29, 0.717) is 5.92 Å². The van der Waals surface area contributed by atoms with E-state index in [-0.39, 0.29) is 12.1 Å². The summed E-state index contributed by atoms with van der Waals surface area (Å²) in [7, 11) is 0. The third-order valence-electron chi connectivity index (χ3n) is 2.09. The fraction of sp³-hybridized carbons (Fsp3) is 0.667. The summed E-state index contributed by atoms with van der Waals surface area (Å²) < 4.78 is 4.97. The zero-order chi connectivity index (χ0) is 8.43. The van der Waals surface area contributed by atoms with E-state index in [1.165, 1.54) is 0 Å². The molecule has 0 saturated carbocycles. The number of cyclic esters (lactones) is 1. The third-order valence-corrected chi connectivity index (χ3v) is 2.09. The second-order valence-corrected chi connectivity index (χ2v) is 3.04. The van der Waals surface area contributed by atoms with Crippen LogP contribution in [-0.4, -0.2) is 12.1 Å². The van der Waals surface area contributed by atoms with Crippen LogP contribution in [0.1, 0.15) is 27.2 Å².